The molecule has 2 aliphatic heterocycles. The van der Waals surface area contributed by atoms with E-state index in [0.717, 1.165) is 44.9 Å². The zero-order valence-electron chi connectivity index (χ0n) is 18.6. The Labute approximate surface area is 184 Å². The molecule has 3 heterocycles. The summed E-state index contributed by atoms with van der Waals surface area (Å²) < 4.78 is 39.2. The van der Waals surface area contributed by atoms with Gasteiger partial charge in [0.25, 0.3) is 10.0 Å². The summed E-state index contributed by atoms with van der Waals surface area (Å²) in [5.74, 6) is 0.339. The van der Waals surface area contributed by atoms with E-state index in [1.807, 2.05) is 4.90 Å². The van der Waals surface area contributed by atoms with Crippen LogP contribution >= 0.6 is 0 Å². The zero-order chi connectivity index (χ0) is 22.0. The Morgan fingerprint density at radius 2 is 1.81 bits per heavy atom. The molecule has 0 aromatic carbocycles. The lowest BCUT2D eigenvalue weighted by Crippen LogP contribution is -3.17. The lowest BCUT2D eigenvalue weighted by Gasteiger charge is -2.34. The van der Waals surface area contributed by atoms with Crippen molar-refractivity contribution in [1.29, 1.82) is 0 Å². The van der Waals surface area contributed by atoms with Gasteiger partial charge < -0.3 is 14.4 Å². The van der Waals surface area contributed by atoms with Crippen molar-refractivity contribution in [3.63, 3.8) is 0 Å². The van der Waals surface area contributed by atoms with Gasteiger partial charge in [-0.2, -0.15) is 18.2 Å². The smallest absolute Gasteiger partial charge is 0.313 e. The predicted molar refractivity (Wildman–Crippen MR) is 117 cm³/mol. The molecule has 3 aliphatic rings. The minimum absolute atomic E-state index is 0.0443. The van der Waals surface area contributed by atoms with Crippen molar-refractivity contribution < 1.29 is 22.2 Å². The highest BCUT2D eigenvalue weighted by molar-refractivity contribution is 7.85. The summed E-state index contributed by atoms with van der Waals surface area (Å²) >= 11 is 0. The highest BCUT2D eigenvalue weighted by Crippen LogP contribution is 2.30. The van der Waals surface area contributed by atoms with E-state index in [0.29, 0.717) is 48.5 Å². The van der Waals surface area contributed by atoms with Gasteiger partial charge in [0, 0.05) is 6.61 Å². The number of hydrogen-bond donors (Lipinski definition) is 1. The molecule has 9 nitrogen and oxygen atoms in total. The van der Waals surface area contributed by atoms with Crippen LogP contribution in [0, 0.1) is 0 Å². The van der Waals surface area contributed by atoms with Crippen LogP contribution in [0.25, 0.3) is 0 Å². The fraction of sp³-hybridized carbons (Fsp3) is 0.810. The van der Waals surface area contributed by atoms with Crippen molar-refractivity contribution in [3.8, 4) is 5.75 Å². The van der Waals surface area contributed by atoms with Gasteiger partial charge in [0.15, 0.2) is 6.23 Å². The van der Waals surface area contributed by atoms with E-state index in [-0.39, 0.29) is 17.9 Å². The highest BCUT2D eigenvalue weighted by atomic mass is 32.2. The average Bonchev–Trinajstić information content (AvgIpc) is 3.29. The molecule has 1 aromatic rings. The molecular weight excluding hydrogens is 420 g/mol. The number of aromatic nitrogens is 2. The van der Waals surface area contributed by atoms with Crippen LogP contribution in [0.3, 0.4) is 0 Å². The minimum Gasteiger partial charge on any atom is -0.483 e. The van der Waals surface area contributed by atoms with Crippen LogP contribution in [-0.2, 0) is 14.8 Å². The summed E-state index contributed by atoms with van der Waals surface area (Å²) in [5, 5.41) is 4.03. The maximum atomic E-state index is 13.4. The lowest BCUT2D eigenvalue weighted by atomic mass is 10.2. The van der Waals surface area contributed by atoms with Gasteiger partial charge in [-0.1, -0.05) is 0 Å². The summed E-state index contributed by atoms with van der Waals surface area (Å²) in [6.07, 6.45) is 8.30. The summed E-state index contributed by atoms with van der Waals surface area (Å²) in [4.78, 5) is 15.4. The monoisotopic (exact) mass is 455 g/mol. The highest BCUT2D eigenvalue weighted by Gasteiger charge is 2.35. The molecule has 1 atom stereocenters. The molecule has 0 radical (unpaired) electrons. The van der Waals surface area contributed by atoms with Crippen molar-refractivity contribution >= 4 is 15.7 Å². The van der Waals surface area contributed by atoms with Crippen molar-refractivity contribution in [2.45, 2.75) is 76.4 Å². The number of hydrogen-bond acceptors (Lipinski definition) is 7. The third-order valence-electron chi connectivity index (χ3n) is 6.64. The summed E-state index contributed by atoms with van der Waals surface area (Å²) in [6.45, 7) is 6.09. The zero-order valence-corrected chi connectivity index (χ0v) is 19.4. The fourth-order valence-electron chi connectivity index (χ4n) is 4.69. The maximum Gasteiger partial charge on any atom is 0.313 e. The number of piperazine rings is 1. The second-order valence-electron chi connectivity index (χ2n) is 9.07. The quantitative estimate of drug-likeness (QED) is 0.675. The van der Waals surface area contributed by atoms with Gasteiger partial charge >= 0.3 is 5.56 Å². The molecule has 1 aliphatic carbocycles. The van der Waals surface area contributed by atoms with Crippen molar-refractivity contribution in [1.82, 2.24) is 9.78 Å². The van der Waals surface area contributed by atoms with E-state index in [4.69, 9.17) is 9.47 Å². The Morgan fingerprint density at radius 1 is 1.13 bits per heavy atom. The Hall–Kier alpha value is -1.65. The summed E-state index contributed by atoms with van der Waals surface area (Å²) in [7, 11) is -3.20. The van der Waals surface area contributed by atoms with Crippen LogP contribution in [0.4, 0.5) is 5.69 Å². The second kappa shape index (κ2) is 9.46. The number of nitrogens with one attached hydrogen (secondary N) is 1. The number of anilines is 1. The Bertz CT molecular complexity index is 912. The molecule has 3 fully saturated rings. The number of sulfonamides is 1. The molecule has 4 rings (SSSR count). The van der Waals surface area contributed by atoms with Gasteiger partial charge in [-0.05, 0) is 58.8 Å². The van der Waals surface area contributed by atoms with Gasteiger partial charge in [-0.15, -0.1) is 0 Å². The van der Waals surface area contributed by atoms with Crippen molar-refractivity contribution in [3.05, 3.63) is 16.6 Å². The van der Waals surface area contributed by atoms with Gasteiger partial charge in [-0.3, -0.25) is 4.79 Å². The molecule has 2 saturated heterocycles. The molecule has 0 bridgehead atoms. The van der Waals surface area contributed by atoms with E-state index < -0.39 is 15.3 Å². The fourth-order valence-corrected chi connectivity index (χ4v) is 6.11. The third kappa shape index (κ3) is 4.75. The van der Waals surface area contributed by atoms with Crippen LogP contribution in [0.2, 0.25) is 0 Å². The average molecular weight is 456 g/mol. The first-order valence-corrected chi connectivity index (χ1v) is 13.2. The number of nitrogens with zero attached hydrogens (tertiary/aromatic N) is 3. The predicted octanol–water partition coefficient (Wildman–Crippen LogP) is 0.707. The van der Waals surface area contributed by atoms with Crippen molar-refractivity contribution in [2.75, 3.05) is 37.7 Å². The maximum absolute atomic E-state index is 13.4. The van der Waals surface area contributed by atoms with Crippen LogP contribution in [-0.4, -0.2) is 62.3 Å². The molecule has 0 spiro atoms. The minimum atomic E-state index is -3.20. The largest absolute Gasteiger partial charge is 0.483 e. The van der Waals surface area contributed by atoms with E-state index >= 15 is 0 Å². The Morgan fingerprint density at radius 3 is 2.42 bits per heavy atom. The van der Waals surface area contributed by atoms with Gasteiger partial charge in [-0.25, -0.2) is 4.31 Å². The van der Waals surface area contributed by atoms with E-state index in [9.17, 15) is 13.2 Å². The first-order chi connectivity index (χ1) is 14.9. The molecular formula is C21H35N4O5S+. The number of ether oxygens (including phenoxy) is 2. The summed E-state index contributed by atoms with van der Waals surface area (Å²) in [6, 6.07) is 0. The summed E-state index contributed by atoms with van der Waals surface area (Å²) in [5.41, 5.74) is 0.422. The van der Waals surface area contributed by atoms with Crippen molar-refractivity contribution in [2.24, 2.45) is 0 Å². The molecule has 1 N–H and O–H groups in total. The number of quaternary nitrogens is 1. The third-order valence-corrected chi connectivity index (χ3v) is 9.09. The van der Waals surface area contributed by atoms with Crippen LogP contribution in [0.1, 0.15) is 65.0 Å². The first-order valence-electron chi connectivity index (χ1n) is 11.6. The molecule has 174 valence electrons. The number of rotatable bonds is 6. The molecule has 1 aromatic heterocycles. The van der Waals surface area contributed by atoms with E-state index in [2.05, 4.69) is 5.10 Å². The van der Waals surface area contributed by atoms with E-state index in [1.54, 1.807) is 20.0 Å². The molecule has 10 heteroatoms. The lowest BCUT2D eigenvalue weighted by molar-refractivity contribution is -0.768. The first kappa shape index (κ1) is 22.5. The van der Waals surface area contributed by atoms with E-state index in [1.165, 1.54) is 4.68 Å². The van der Waals surface area contributed by atoms with Gasteiger partial charge in [0.1, 0.15) is 24.0 Å². The SMILES string of the molecule is CC(C)S(=O)(=O)[NH+]1CCN(c2cnn(C3CCCCO3)c(=O)c2OC2CCCC2)CC1. The normalized spacial score (nSPS) is 24.1. The van der Waals surface area contributed by atoms with Gasteiger partial charge in [0.2, 0.25) is 5.75 Å². The van der Waals surface area contributed by atoms with Gasteiger partial charge in [0.05, 0.1) is 25.4 Å². The van der Waals surface area contributed by atoms with Crippen LogP contribution in [0.5, 0.6) is 5.75 Å². The Balaban J connectivity index is 1.59. The molecule has 0 amide bonds. The molecule has 1 saturated carbocycles. The Kier molecular flexibility index (Phi) is 6.88. The molecule has 1 unspecified atom stereocenters. The topological polar surface area (TPSA) is 95.2 Å². The standard InChI is InChI=1S/C21H34N4O5S/c1-16(2)31(27,28)24-12-10-23(11-13-24)18-15-22-25(19-9-5-6-14-29-19)21(26)20(18)30-17-7-3-4-8-17/h15-17,19H,3-14H2,1-2H3/p+1. The van der Waals surface area contributed by atoms with Crippen LogP contribution < -0.4 is 19.5 Å². The van der Waals surface area contributed by atoms with Crippen LogP contribution in [0.15, 0.2) is 11.0 Å². The second-order valence-corrected chi connectivity index (χ2v) is 11.7. The molecule has 31 heavy (non-hydrogen) atoms.